The van der Waals surface area contributed by atoms with Crippen LogP contribution in [0.2, 0.25) is 0 Å². The predicted octanol–water partition coefficient (Wildman–Crippen LogP) is 3.40. The van der Waals surface area contributed by atoms with Gasteiger partial charge in [0.2, 0.25) is 0 Å². The van der Waals surface area contributed by atoms with Gasteiger partial charge in [-0.05, 0) is 41.5 Å². The number of aromatic nitrogens is 6. The van der Waals surface area contributed by atoms with Crippen molar-refractivity contribution in [3.63, 3.8) is 0 Å². The fourth-order valence-electron chi connectivity index (χ4n) is 2.70. The number of rotatable bonds is 4. The highest BCUT2D eigenvalue weighted by atomic mass is 15.3. The van der Waals surface area contributed by atoms with Crippen LogP contribution in [-0.2, 0) is 5.54 Å². The molecule has 1 atom stereocenters. The summed E-state index contributed by atoms with van der Waals surface area (Å²) in [4.78, 5) is 13.2. The van der Waals surface area contributed by atoms with Gasteiger partial charge in [-0.25, -0.2) is 9.97 Å². The molecule has 3 heterocycles. The summed E-state index contributed by atoms with van der Waals surface area (Å²) in [7, 11) is 0. The number of aryl methyl sites for hydroxylation is 2. The molecule has 0 radical (unpaired) electrons. The number of imidazole rings is 1. The monoisotopic (exact) mass is 339 g/mol. The molecule has 0 bridgehead atoms. The molecule has 0 aliphatic heterocycles. The Morgan fingerprint density at radius 2 is 1.92 bits per heavy atom. The van der Waals surface area contributed by atoms with Crippen LogP contribution in [0.5, 0.6) is 0 Å². The third-order valence-corrected chi connectivity index (χ3v) is 4.15. The summed E-state index contributed by atoms with van der Waals surface area (Å²) in [5.74, 6) is 2.34. The van der Waals surface area contributed by atoms with Crippen LogP contribution >= 0.6 is 0 Å². The first-order valence-corrected chi connectivity index (χ1v) is 8.41. The topological polar surface area (TPSA) is 73.5 Å². The van der Waals surface area contributed by atoms with Crippen LogP contribution in [-0.4, -0.2) is 29.3 Å². The molecule has 25 heavy (non-hydrogen) atoms. The van der Waals surface area contributed by atoms with Crippen LogP contribution in [0.4, 0.5) is 5.82 Å². The van der Waals surface area contributed by atoms with E-state index in [-0.39, 0.29) is 11.6 Å². The average Bonchev–Trinajstić information content (AvgIpc) is 3.13. The minimum Gasteiger partial charge on any atom is -0.362 e. The first-order valence-electron chi connectivity index (χ1n) is 8.41. The second-order valence-corrected chi connectivity index (χ2v) is 7.26. The van der Waals surface area contributed by atoms with Crippen molar-refractivity contribution in [3.05, 3.63) is 48.1 Å². The first-order chi connectivity index (χ1) is 11.8. The second-order valence-electron chi connectivity index (χ2n) is 7.26. The van der Waals surface area contributed by atoms with Crippen LogP contribution in [0.15, 0.2) is 31.0 Å². The molecule has 7 nitrogen and oxygen atoms in total. The van der Waals surface area contributed by atoms with Gasteiger partial charge in [0.15, 0.2) is 5.82 Å². The molecular weight excluding hydrogens is 314 g/mol. The van der Waals surface area contributed by atoms with Crippen LogP contribution in [0.25, 0.3) is 5.82 Å². The minimum absolute atomic E-state index is 0.0403. The van der Waals surface area contributed by atoms with Gasteiger partial charge >= 0.3 is 0 Å². The number of hydrogen-bond acceptors (Lipinski definition) is 5. The van der Waals surface area contributed by atoms with Gasteiger partial charge in [0.25, 0.3) is 0 Å². The number of nitrogens with zero attached hydrogens (tertiary/aromatic N) is 6. The SMILES string of the molecule is Cc1nn(C(C)(C)C)cc1C(C)Nc1cncc(-n2ccnc2C)n1. The zero-order valence-corrected chi connectivity index (χ0v) is 15.6. The highest BCUT2D eigenvalue weighted by molar-refractivity contribution is 5.40. The smallest absolute Gasteiger partial charge is 0.159 e. The zero-order valence-electron chi connectivity index (χ0n) is 15.6. The molecule has 1 N–H and O–H groups in total. The van der Waals surface area contributed by atoms with Gasteiger partial charge in [-0.15, -0.1) is 0 Å². The van der Waals surface area contributed by atoms with E-state index in [2.05, 4.69) is 59.3 Å². The molecule has 0 aromatic carbocycles. The highest BCUT2D eigenvalue weighted by Crippen LogP contribution is 2.23. The van der Waals surface area contributed by atoms with Crippen molar-refractivity contribution in [3.8, 4) is 5.82 Å². The second kappa shape index (κ2) is 6.31. The molecule has 0 saturated heterocycles. The quantitative estimate of drug-likeness (QED) is 0.788. The maximum absolute atomic E-state index is 4.65. The lowest BCUT2D eigenvalue weighted by Crippen LogP contribution is -2.22. The zero-order chi connectivity index (χ0) is 18.2. The van der Waals surface area contributed by atoms with Gasteiger partial charge in [-0.3, -0.25) is 14.2 Å². The lowest BCUT2D eigenvalue weighted by atomic mass is 10.1. The highest BCUT2D eigenvalue weighted by Gasteiger charge is 2.19. The predicted molar refractivity (Wildman–Crippen MR) is 97.9 cm³/mol. The normalized spacial score (nSPS) is 13.0. The Bertz CT molecular complexity index is 870. The third kappa shape index (κ3) is 3.55. The number of anilines is 1. The fourth-order valence-corrected chi connectivity index (χ4v) is 2.70. The molecule has 132 valence electrons. The fraction of sp³-hybridized carbons (Fsp3) is 0.444. The molecule has 0 aliphatic carbocycles. The molecule has 3 aromatic rings. The van der Waals surface area contributed by atoms with Gasteiger partial charge in [0, 0.05) is 24.2 Å². The summed E-state index contributed by atoms with van der Waals surface area (Å²) in [5, 5.41) is 8.07. The van der Waals surface area contributed by atoms with Crippen molar-refractivity contribution < 1.29 is 0 Å². The van der Waals surface area contributed by atoms with Crippen LogP contribution in [0.3, 0.4) is 0 Å². The van der Waals surface area contributed by atoms with Gasteiger partial charge in [0.1, 0.15) is 11.6 Å². The molecule has 3 aromatic heterocycles. The summed E-state index contributed by atoms with van der Waals surface area (Å²) in [6.45, 7) is 12.5. The summed E-state index contributed by atoms with van der Waals surface area (Å²) in [6, 6.07) is 0.0736. The van der Waals surface area contributed by atoms with E-state index in [1.807, 2.05) is 29.3 Å². The molecule has 3 rings (SSSR count). The van der Waals surface area contributed by atoms with Crippen molar-refractivity contribution in [1.29, 1.82) is 0 Å². The van der Waals surface area contributed by atoms with Crippen LogP contribution < -0.4 is 5.32 Å². The van der Waals surface area contributed by atoms with E-state index >= 15 is 0 Å². The Labute approximate surface area is 148 Å². The largest absolute Gasteiger partial charge is 0.362 e. The van der Waals surface area contributed by atoms with E-state index in [1.165, 1.54) is 0 Å². The van der Waals surface area contributed by atoms with Crippen LogP contribution in [0.1, 0.15) is 50.8 Å². The number of nitrogens with one attached hydrogen (secondary N) is 1. The standard InChI is InChI=1S/C18H25N7/c1-12(15-11-25(18(4,5)6)23-13(15)2)21-16-9-19-10-17(22-16)24-8-7-20-14(24)3/h7-12H,1-6H3,(H,21,22). The maximum atomic E-state index is 4.65. The number of hydrogen-bond donors (Lipinski definition) is 1. The van der Waals surface area contributed by atoms with Crippen molar-refractivity contribution in [1.82, 2.24) is 29.3 Å². The lowest BCUT2D eigenvalue weighted by molar-refractivity contribution is 0.354. The van der Waals surface area contributed by atoms with E-state index in [4.69, 9.17) is 0 Å². The summed E-state index contributed by atoms with van der Waals surface area (Å²) >= 11 is 0. The summed E-state index contributed by atoms with van der Waals surface area (Å²) in [6.07, 6.45) is 9.20. The van der Waals surface area contributed by atoms with Crippen molar-refractivity contribution >= 4 is 5.82 Å². The summed E-state index contributed by atoms with van der Waals surface area (Å²) in [5.41, 5.74) is 2.13. The molecule has 1 unspecified atom stereocenters. The van der Waals surface area contributed by atoms with E-state index in [9.17, 15) is 0 Å². The lowest BCUT2D eigenvalue weighted by Gasteiger charge is -2.19. The van der Waals surface area contributed by atoms with Crippen molar-refractivity contribution in [2.45, 2.75) is 53.1 Å². The Morgan fingerprint density at radius 3 is 2.52 bits per heavy atom. The molecular formula is C18H25N7. The Hall–Kier alpha value is -2.70. The van der Waals surface area contributed by atoms with Gasteiger partial charge < -0.3 is 5.32 Å². The first kappa shape index (κ1) is 17.1. The Kier molecular flexibility index (Phi) is 4.32. The van der Waals surface area contributed by atoms with E-state index in [1.54, 1.807) is 18.6 Å². The van der Waals surface area contributed by atoms with E-state index in [0.29, 0.717) is 0 Å². The van der Waals surface area contributed by atoms with Gasteiger partial charge in [-0.2, -0.15) is 5.10 Å². The molecule has 0 spiro atoms. The molecule has 0 aliphatic rings. The molecule has 0 fully saturated rings. The molecule has 0 amide bonds. The average molecular weight is 339 g/mol. The van der Waals surface area contributed by atoms with Gasteiger partial charge in [0.05, 0.1) is 29.7 Å². The van der Waals surface area contributed by atoms with Crippen molar-refractivity contribution in [2.24, 2.45) is 0 Å². The van der Waals surface area contributed by atoms with Crippen LogP contribution in [0, 0.1) is 13.8 Å². The van der Waals surface area contributed by atoms with E-state index in [0.717, 1.165) is 28.7 Å². The summed E-state index contributed by atoms with van der Waals surface area (Å²) < 4.78 is 3.92. The molecule has 0 saturated carbocycles. The minimum atomic E-state index is -0.0403. The van der Waals surface area contributed by atoms with Gasteiger partial charge in [-0.1, -0.05) is 0 Å². The Balaban J connectivity index is 1.83. The Morgan fingerprint density at radius 1 is 1.16 bits per heavy atom. The van der Waals surface area contributed by atoms with Crippen molar-refractivity contribution in [2.75, 3.05) is 5.32 Å². The third-order valence-electron chi connectivity index (χ3n) is 4.15. The molecule has 7 heteroatoms. The maximum Gasteiger partial charge on any atom is 0.159 e. The van der Waals surface area contributed by atoms with E-state index < -0.39 is 0 Å².